The van der Waals surface area contributed by atoms with Gasteiger partial charge in [0.15, 0.2) is 5.88 Å². The van der Waals surface area contributed by atoms with Crippen LogP contribution in [0.1, 0.15) is 11.1 Å². The molecular formula is C23H23FN6O4. The van der Waals surface area contributed by atoms with Crippen LogP contribution in [-0.2, 0) is 4.84 Å². The number of nitrogens with zero attached hydrogens (tertiary/aromatic N) is 5. The van der Waals surface area contributed by atoms with Crippen LogP contribution in [0, 0.1) is 15.9 Å². The number of H-pyrrole nitrogens is 1. The predicted octanol–water partition coefficient (Wildman–Crippen LogP) is 3.02. The van der Waals surface area contributed by atoms with Crippen LogP contribution in [0.4, 0.5) is 15.8 Å². The Bertz CT molecular complexity index is 1330. The molecule has 0 unspecified atom stereocenters. The average Bonchev–Trinajstić information content (AvgIpc) is 3.33. The molecule has 1 fully saturated rings. The minimum atomic E-state index is -0.510. The number of nitrogens with one attached hydrogen (secondary N) is 1. The van der Waals surface area contributed by atoms with Crippen LogP contribution in [0.15, 0.2) is 46.5 Å². The number of aromatic amines is 1. The molecule has 0 amide bonds. The topological polar surface area (TPSA) is 120 Å². The van der Waals surface area contributed by atoms with Crippen molar-refractivity contribution in [2.75, 3.05) is 46.4 Å². The smallest absolute Gasteiger partial charge is 0.270 e. The lowest BCUT2D eigenvalue weighted by atomic mass is 10.0. The first-order valence-corrected chi connectivity index (χ1v) is 10.9. The van der Waals surface area contributed by atoms with Crippen molar-refractivity contribution in [1.29, 1.82) is 0 Å². The second-order valence-corrected chi connectivity index (χ2v) is 8.38. The molecule has 0 aliphatic carbocycles. The summed E-state index contributed by atoms with van der Waals surface area (Å²) in [5.74, 6) is -0.674. The van der Waals surface area contributed by atoms with Crippen molar-refractivity contribution in [2.45, 2.75) is 0 Å². The molecule has 176 valence electrons. The number of rotatable bonds is 6. The molecule has 1 aromatic heterocycles. The third-order valence-electron chi connectivity index (χ3n) is 6.13. The van der Waals surface area contributed by atoms with Gasteiger partial charge in [-0.25, -0.2) is 9.38 Å². The van der Waals surface area contributed by atoms with Crippen molar-refractivity contribution in [3.05, 3.63) is 63.5 Å². The first-order chi connectivity index (χ1) is 16.4. The van der Waals surface area contributed by atoms with Gasteiger partial charge in [0.05, 0.1) is 16.2 Å². The van der Waals surface area contributed by atoms with E-state index in [1.807, 2.05) is 0 Å². The van der Waals surface area contributed by atoms with Crippen molar-refractivity contribution < 1.29 is 19.3 Å². The number of likely N-dealkylation sites (N-methyl/N-ethyl adjacent to an activating group) is 1. The largest absolute Gasteiger partial charge is 0.494 e. The molecule has 0 spiro atoms. The molecular weight excluding hydrogens is 443 g/mol. The van der Waals surface area contributed by atoms with Crippen LogP contribution in [0.5, 0.6) is 5.88 Å². The van der Waals surface area contributed by atoms with Crippen molar-refractivity contribution in [1.82, 2.24) is 14.8 Å². The predicted molar refractivity (Wildman–Crippen MR) is 126 cm³/mol. The van der Waals surface area contributed by atoms with Crippen LogP contribution in [0.2, 0.25) is 0 Å². The zero-order chi connectivity index (χ0) is 23.8. The highest BCUT2D eigenvalue weighted by atomic mass is 19.1. The summed E-state index contributed by atoms with van der Waals surface area (Å²) in [6.07, 6.45) is 0. The molecule has 2 N–H and O–H groups in total. The van der Waals surface area contributed by atoms with E-state index in [2.05, 4.69) is 32.0 Å². The number of nitro benzene ring substituents is 1. The van der Waals surface area contributed by atoms with E-state index in [1.54, 1.807) is 0 Å². The highest BCUT2D eigenvalue weighted by Crippen LogP contribution is 2.37. The second kappa shape index (κ2) is 8.84. The number of non-ortho nitro benzene ring substituents is 1. The summed E-state index contributed by atoms with van der Waals surface area (Å²) in [4.78, 5) is 28.3. The molecule has 0 radical (unpaired) electrons. The number of oxime groups is 1. The molecule has 2 aliphatic rings. The number of hydrogen-bond acceptors (Lipinski definition) is 8. The first kappa shape index (κ1) is 22.0. The summed E-state index contributed by atoms with van der Waals surface area (Å²) in [7, 11) is 2.09. The molecule has 0 atom stereocenters. The Morgan fingerprint density at radius 1 is 1.24 bits per heavy atom. The van der Waals surface area contributed by atoms with Crippen LogP contribution in [0.3, 0.4) is 0 Å². The zero-order valence-corrected chi connectivity index (χ0v) is 18.5. The van der Waals surface area contributed by atoms with Gasteiger partial charge in [-0.15, -0.1) is 0 Å². The zero-order valence-electron chi connectivity index (χ0n) is 18.5. The van der Waals surface area contributed by atoms with E-state index in [1.165, 1.54) is 36.4 Å². The number of hydrogen-bond donors (Lipinski definition) is 2. The van der Waals surface area contributed by atoms with Crippen LogP contribution in [0.25, 0.3) is 10.9 Å². The molecule has 5 rings (SSSR count). The fraction of sp³-hybridized carbons (Fsp3) is 0.304. The molecule has 1 saturated heterocycles. The summed E-state index contributed by atoms with van der Waals surface area (Å²) in [5.41, 5.74) is 2.03. The van der Waals surface area contributed by atoms with Crippen LogP contribution in [-0.4, -0.2) is 82.6 Å². The average molecular weight is 466 g/mol. The number of nitro groups is 1. The summed E-state index contributed by atoms with van der Waals surface area (Å²) in [5, 5.41) is 26.6. The van der Waals surface area contributed by atoms with Gasteiger partial charge >= 0.3 is 0 Å². The molecule has 11 heteroatoms. The van der Waals surface area contributed by atoms with E-state index in [-0.39, 0.29) is 28.6 Å². The monoisotopic (exact) mass is 466 g/mol. The maximum absolute atomic E-state index is 14.1. The lowest BCUT2D eigenvalue weighted by Crippen LogP contribution is -2.45. The molecule has 2 aliphatic heterocycles. The van der Waals surface area contributed by atoms with Gasteiger partial charge in [-0.2, -0.15) is 0 Å². The SMILES string of the molecule is CN1CCN(CCON=C2C(c3c(O)[nH]c4ccc([N+](=O)[O-])cc34)=Nc3ccc(F)cc32)CC1. The number of piperazine rings is 1. The van der Waals surface area contributed by atoms with Gasteiger partial charge in [-0.3, -0.25) is 15.0 Å². The maximum Gasteiger partial charge on any atom is 0.270 e. The van der Waals surface area contributed by atoms with E-state index in [4.69, 9.17) is 4.84 Å². The number of aromatic hydroxyl groups is 1. The van der Waals surface area contributed by atoms with E-state index in [9.17, 15) is 19.6 Å². The van der Waals surface area contributed by atoms with E-state index in [0.29, 0.717) is 35.3 Å². The minimum absolute atomic E-state index is 0.128. The van der Waals surface area contributed by atoms with Crippen molar-refractivity contribution in [2.24, 2.45) is 10.1 Å². The highest BCUT2D eigenvalue weighted by molar-refractivity contribution is 6.58. The van der Waals surface area contributed by atoms with Gasteiger partial charge in [0.1, 0.15) is 23.8 Å². The normalized spacial score (nSPS) is 17.8. The van der Waals surface area contributed by atoms with Gasteiger partial charge in [-0.1, -0.05) is 5.16 Å². The molecule has 3 heterocycles. The standard InChI is InChI=1S/C23H23FN6O4/c1-28-6-8-29(9-7-28)10-11-34-27-21-17-12-14(24)2-4-19(17)25-22(21)20-16-13-15(30(32)33)3-5-18(16)26-23(20)31/h2-5,12-13,26,31H,6-11H2,1H3. The molecule has 2 aromatic carbocycles. The number of benzene rings is 2. The van der Waals surface area contributed by atoms with Gasteiger partial charge in [0.2, 0.25) is 0 Å². The quantitative estimate of drug-likeness (QED) is 0.327. The number of aliphatic imine (C=N–C) groups is 1. The van der Waals surface area contributed by atoms with Gasteiger partial charge in [0.25, 0.3) is 5.69 Å². The van der Waals surface area contributed by atoms with E-state index < -0.39 is 10.7 Å². The lowest BCUT2D eigenvalue weighted by molar-refractivity contribution is -0.384. The lowest BCUT2D eigenvalue weighted by Gasteiger charge is -2.31. The Balaban J connectivity index is 1.47. The number of aromatic nitrogens is 1. The number of halogens is 1. The van der Waals surface area contributed by atoms with E-state index >= 15 is 0 Å². The van der Waals surface area contributed by atoms with Gasteiger partial charge in [0, 0.05) is 61.3 Å². The summed E-state index contributed by atoms with van der Waals surface area (Å²) >= 11 is 0. The van der Waals surface area contributed by atoms with Gasteiger partial charge < -0.3 is 19.8 Å². The van der Waals surface area contributed by atoms with Crippen LogP contribution >= 0.6 is 0 Å². The van der Waals surface area contributed by atoms with Crippen molar-refractivity contribution in [3.63, 3.8) is 0 Å². The summed E-state index contributed by atoms with van der Waals surface area (Å²) in [6.45, 7) is 4.89. The molecule has 3 aromatic rings. The van der Waals surface area contributed by atoms with E-state index in [0.717, 1.165) is 26.2 Å². The van der Waals surface area contributed by atoms with Gasteiger partial charge in [-0.05, 0) is 31.3 Å². The summed E-state index contributed by atoms with van der Waals surface area (Å²) < 4.78 is 14.1. The molecule has 0 bridgehead atoms. The Labute approximate surface area is 194 Å². The highest BCUT2D eigenvalue weighted by Gasteiger charge is 2.30. The first-order valence-electron chi connectivity index (χ1n) is 10.9. The van der Waals surface area contributed by atoms with Crippen molar-refractivity contribution in [3.8, 4) is 5.88 Å². The Morgan fingerprint density at radius 3 is 2.79 bits per heavy atom. The second-order valence-electron chi connectivity index (χ2n) is 8.38. The molecule has 0 saturated carbocycles. The Morgan fingerprint density at radius 2 is 2.03 bits per heavy atom. The number of fused-ring (bicyclic) bond motifs is 2. The fourth-order valence-corrected chi connectivity index (χ4v) is 4.23. The van der Waals surface area contributed by atoms with Crippen molar-refractivity contribution >= 4 is 33.7 Å². The Kier molecular flexibility index (Phi) is 5.72. The van der Waals surface area contributed by atoms with Crippen LogP contribution < -0.4 is 0 Å². The third-order valence-corrected chi connectivity index (χ3v) is 6.13. The molecule has 10 nitrogen and oxygen atoms in total. The fourth-order valence-electron chi connectivity index (χ4n) is 4.23. The Hall–Kier alpha value is -3.83. The summed E-state index contributed by atoms with van der Waals surface area (Å²) in [6, 6.07) is 8.34. The molecule has 34 heavy (non-hydrogen) atoms. The minimum Gasteiger partial charge on any atom is -0.494 e. The maximum atomic E-state index is 14.1. The third kappa shape index (κ3) is 4.11.